The van der Waals surface area contributed by atoms with Crippen LogP contribution in [0.2, 0.25) is 0 Å². The van der Waals surface area contributed by atoms with Crippen molar-refractivity contribution >= 4 is 16.9 Å². The number of aliphatic hydroxyl groups excluding tert-OH is 1. The molecule has 2 aliphatic rings. The molecule has 4 heterocycles. The number of benzene rings is 1. The third-order valence-electron chi connectivity index (χ3n) is 5.77. The normalized spacial score (nSPS) is 17.0. The number of aryl methyl sites for hydroxylation is 1. The predicted octanol–water partition coefficient (Wildman–Crippen LogP) is 2.87. The molecule has 2 aromatic heterocycles. The molecule has 5 rings (SSSR count). The van der Waals surface area contributed by atoms with Crippen LogP contribution < -0.4 is 10.3 Å². The molecule has 7 heteroatoms. The number of ether oxygens (including phenoxy) is 2. The average molecular weight is 406 g/mol. The molecule has 0 radical (unpaired) electrons. The molecule has 0 unspecified atom stereocenters. The van der Waals surface area contributed by atoms with Crippen molar-refractivity contribution in [2.24, 2.45) is 0 Å². The van der Waals surface area contributed by atoms with Crippen LogP contribution in [0.25, 0.3) is 22.3 Å². The molecule has 3 aromatic rings. The Labute approximate surface area is 172 Å². The molecule has 0 spiro atoms. The van der Waals surface area contributed by atoms with Gasteiger partial charge in [0.2, 0.25) is 0 Å². The molecule has 1 N–H and O–H groups in total. The lowest BCUT2D eigenvalue weighted by Gasteiger charge is -2.21. The summed E-state index contributed by atoms with van der Waals surface area (Å²) in [4.78, 5) is 29.7. The van der Waals surface area contributed by atoms with Crippen LogP contribution >= 0.6 is 0 Å². The van der Waals surface area contributed by atoms with Crippen LogP contribution in [0.5, 0.6) is 5.75 Å². The molecule has 30 heavy (non-hydrogen) atoms. The fourth-order valence-corrected chi connectivity index (χ4v) is 4.44. The summed E-state index contributed by atoms with van der Waals surface area (Å²) in [7, 11) is 0. The maximum atomic E-state index is 13.1. The molecule has 7 nitrogen and oxygen atoms in total. The Hall–Kier alpha value is -3.19. The molecule has 0 bridgehead atoms. The van der Waals surface area contributed by atoms with Crippen molar-refractivity contribution in [3.8, 4) is 17.1 Å². The number of hydrogen-bond acceptors (Lipinski definition) is 6. The zero-order valence-electron chi connectivity index (χ0n) is 17.1. The van der Waals surface area contributed by atoms with Gasteiger partial charge in [0, 0.05) is 16.5 Å². The van der Waals surface area contributed by atoms with E-state index in [2.05, 4.69) is 6.92 Å². The van der Waals surface area contributed by atoms with Crippen molar-refractivity contribution in [1.82, 2.24) is 9.55 Å². The summed E-state index contributed by atoms with van der Waals surface area (Å²) in [6, 6.07) is 7.55. The van der Waals surface area contributed by atoms with Crippen molar-refractivity contribution in [1.29, 1.82) is 0 Å². The minimum Gasteiger partial charge on any atom is -0.491 e. The highest BCUT2D eigenvalue weighted by Crippen LogP contribution is 2.38. The van der Waals surface area contributed by atoms with Crippen molar-refractivity contribution in [2.45, 2.75) is 52.6 Å². The zero-order chi connectivity index (χ0) is 21.2. The van der Waals surface area contributed by atoms with Crippen LogP contribution in [0.4, 0.5) is 0 Å². The lowest BCUT2D eigenvalue weighted by molar-refractivity contribution is -0.157. The number of carbonyl (C=O) groups is 1. The van der Waals surface area contributed by atoms with E-state index in [0.717, 1.165) is 39.9 Å². The highest BCUT2D eigenvalue weighted by molar-refractivity contribution is 5.89. The summed E-state index contributed by atoms with van der Waals surface area (Å²) in [5.41, 5.74) is 4.68. The van der Waals surface area contributed by atoms with Crippen LogP contribution in [0, 0.1) is 0 Å². The molecule has 0 fully saturated rings. The van der Waals surface area contributed by atoms with E-state index in [1.54, 1.807) is 10.6 Å². The Morgan fingerprint density at radius 3 is 2.80 bits per heavy atom. The van der Waals surface area contributed by atoms with Gasteiger partial charge in [0.25, 0.3) is 5.56 Å². The fraction of sp³-hybridized carbons (Fsp3) is 0.348. The van der Waals surface area contributed by atoms with Gasteiger partial charge in [-0.05, 0) is 50.1 Å². The first-order valence-electron chi connectivity index (χ1n) is 10.1. The SMILES string of the molecule is CCc1c2c(nc3ccc(OC(C)C)cc13)-c1cc3c(c(=O)n1C2)COC(=O)[C@H]3O. The van der Waals surface area contributed by atoms with Crippen LogP contribution in [-0.2, 0) is 29.1 Å². The summed E-state index contributed by atoms with van der Waals surface area (Å²) in [6.45, 7) is 6.34. The zero-order valence-corrected chi connectivity index (χ0v) is 17.1. The number of cyclic esters (lactones) is 1. The molecule has 2 aliphatic heterocycles. The molecule has 0 amide bonds. The number of aromatic nitrogens is 2. The van der Waals surface area contributed by atoms with Gasteiger partial charge in [-0.2, -0.15) is 0 Å². The molecule has 1 atom stereocenters. The van der Waals surface area contributed by atoms with Gasteiger partial charge in [-0.3, -0.25) is 4.79 Å². The second kappa shape index (κ2) is 6.67. The number of carbonyl (C=O) groups excluding carboxylic acids is 1. The van der Waals surface area contributed by atoms with E-state index in [9.17, 15) is 14.7 Å². The summed E-state index contributed by atoms with van der Waals surface area (Å²) in [5.74, 6) is 0.0549. The third-order valence-corrected chi connectivity index (χ3v) is 5.77. The van der Waals surface area contributed by atoms with E-state index in [1.807, 2.05) is 32.0 Å². The van der Waals surface area contributed by atoms with Gasteiger partial charge in [-0.15, -0.1) is 0 Å². The predicted molar refractivity (Wildman–Crippen MR) is 110 cm³/mol. The number of esters is 1. The molecular weight excluding hydrogens is 384 g/mol. The topological polar surface area (TPSA) is 90.6 Å². The van der Waals surface area contributed by atoms with Gasteiger partial charge < -0.3 is 19.1 Å². The third kappa shape index (κ3) is 2.65. The van der Waals surface area contributed by atoms with Crippen molar-refractivity contribution in [3.05, 3.63) is 56.9 Å². The fourth-order valence-electron chi connectivity index (χ4n) is 4.44. The molecular formula is C23H22N2O5. The monoisotopic (exact) mass is 406 g/mol. The second-order valence-corrected chi connectivity index (χ2v) is 7.98. The van der Waals surface area contributed by atoms with E-state index in [0.29, 0.717) is 23.4 Å². The number of fused-ring (bicyclic) bond motifs is 5. The Morgan fingerprint density at radius 2 is 2.07 bits per heavy atom. The summed E-state index contributed by atoms with van der Waals surface area (Å²) >= 11 is 0. The number of aliphatic hydroxyl groups is 1. The van der Waals surface area contributed by atoms with E-state index in [1.165, 1.54) is 0 Å². The summed E-state index contributed by atoms with van der Waals surface area (Å²) < 4.78 is 12.5. The lowest BCUT2D eigenvalue weighted by Crippen LogP contribution is -2.32. The first-order valence-corrected chi connectivity index (χ1v) is 10.1. The Balaban J connectivity index is 1.74. The summed E-state index contributed by atoms with van der Waals surface area (Å²) in [5, 5.41) is 11.3. The smallest absolute Gasteiger partial charge is 0.340 e. The van der Waals surface area contributed by atoms with Gasteiger partial charge >= 0.3 is 5.97 Å². The standard InChI is InChI=1S/C23H22N2O5/c1-4-13-14-7-12(30-11(2)3)5-6-18(14)24-20-16(13)9-25-19(20)8-15-17(22(25)27)10-29-23(28)21(15)26/h5-8,11,21,26H,4,9-10H2,1-3H3/t21-/m0/s1. The first kappa shape index (κ1) is 18.8. The van der Waals surface area contributed by atoms with Crippen molar-refractivity contribution < 1.29 is 19.4 Å². The van der Waals surface area contributed by atoms with E-state index >= 15 is 0 Å². The van der Waals surface area contributed by atoms with Crippen molar-refractivity contribution in [3.63, 3.8) is 0 Å². The summed E-state index contributed by atoms with van der Waals surface area (Å²) in [6.07, 6.45) is -0.599. The highest BCUT2D eigenvalue weighted by atomic mass is 16.5. The lowest BCUT2D eigenvalue weighted by atomic mass is 9.97. The Kier molecular flexibility index (Phi) is 4.18. The van der Waals surface area contributed by atoms with Crippen molar-refractivity contribution in [2.75, 3.05) is 0 Å². The molecule has 0 aliphatic carbocycles. The van der Waals surface area contributed by atoms with E-state index in [-0.39, 0.29) is 18.3 Å². The maximum Gasteiger partial charge on any atom is 0.340 e. The minimum absolute atomic E-state index is 0.0698. The minimum atomic E-state index is -1.45. The largest absolute Gasteiger partial charge is 0.491 e. The van der Waals surface area contributed by atoms with E-state index < -0.39 is 12.1 Å². The highest BCUT2D eigenvalue weighted by Gasteiger charge is 2.34. The first-order chi connectivity index (χ1) is 14.4. The van der Waals surface area contributed by atoms with Gasteiger partial charge in [-0.1, -0.05) is 6.92 Å². The van der Waals surface area contributed by atoms with E-state index in [4.69, 9.17) is 14.5 Å². The van der Waals surface area contributed by atoms with Crippen LogP contribution in [0.1, 0.15) is 49.1 Å². The van der Waals surface area contributed by atoms with Gasteiger partial charge in [0.1, 0.15) is 12.4 Å². The molecule has 0 saturated carbocycles. The number of nitrogens with zero attached hydrogens (tertiary/aromatic N) is 2. The Morgan fingerprint density at radius 1 is 1.27 bits per heavy atom. The Bertz CT molecular complexity index is 1280. The molecule has 1 aromatic carbocycles. The number of rotatable bonds is 3. The van der Waals surface area contributed by atoms with Gasteiger partial charge in [0.05, 0.1) is 35.1 Å². The quantitative estimate of drug-likeness (QED) is 0.526. The molecule has 154 valence electrons. The second-order valence-electron chi connectivity index (χ2n) is 7.98. The maximum absolute atomic E-state index is 13.1. The average Bonchev–Trinajstić information content (AvgIpc) is 3.07. The van der Waals surface area contributed by atoms with Gasteiger partial charge in [-0.25, -0.2) is 9.78 Å². The van der Waals surface area contributed by atoms with Crippen LogP contribution in [0.3, 0.4) is 0 Å². The number of hydrogen-bond donors (Lipinski definition) is 1. The molecule has 0 saturated heterocycles. The van der Waals surface area contributed by atoms with Crippen LogP contribution in [0.15, 0.2) is 29.1 Å². The van der Waals surface area contributed by atoms with Crippen LogP contribution in [-0.4, -0.2) is 26.7 Å². The number of pyridine rings is 2. The van der Waals surface area contributed by atoms with Gasteiger partial charge in [0.15, 0.2) is 6.10 Å².